The summed E-state index contributed by atoms with van der Waals surface area (Å²) >= 11 is 0. The average Bonchev–Trinajstić information content (AvgIpc) is 2.36. The number of nitrogens with two attached hydrogens (primary N) is 2. The van der Waals surface area contributed by atoms with E-state index < -0.39 is 0 Å². The summed E-state index contributed by atoms with van der Waals surface area (Å²) in [6.45, 7) is 2.16. The molecule has 12 heavy (non-hydrogen) atoms. The van der Waals surface area contributed by atoms with Gasteiger partial charge in [-0.1, -0.05) is 0 Å². The van der Waals surface area contributed by atoms with Crippen molar-refractivity contribution in [1.82, 2.24) is 4.98 Å². The molecule has 5 nitrogen and oxygen atoms in total. The fourth-order valence-corrected chi connectivity index (χ4v) is 0.866. The minimum Gasteiger partial charge on any atom is -0.370 e. The van der Waals surface area contributed by atoms with Crippen LogP contribution in [0.4, 0.5) is 5.69 Å². The second-order valence-corrected chi connectivity index (χ2v) is 2.42. The van der Waals surface area contributed by atoms with Gasteiger partial charge in [-0.15, -0.1) is 0 Å². The highest BCUT2D eigenvalue weighted by atomic mass is 15.1. The summed E-state index contributed by atoms with van der Waals surface area (Å²) in [5, 5.41) is 2.88. The highest BCUT2D eigenvalue weighted by Gasteiger charge is 1.95. The van der Waals surface area contributed by atoms with Gasteiger partial charge in [-0.2, -0.15) is 0 Å². The summed E-state index contributed by atoms with van der Waals surface area (Å²) in [6, 6.07) is 1.93. The van der Waals surface area contributed by atoms with Crippen LogP contribution in [0.2, 0.25) is 0 Å². The minimum absolute atomic E-state index is 0.197. The fraction of sp³-hybridized carbons (Fsp3) is 0.286. The highest BCUT2D eigenvalue weighted by molar-refractivity contribution is 5.92. The molecule has 0 fully saturated rings. The van der Waals surface area contributed by atoms with Crippen LogP contribution in [0.5, 0.6) is 0 Å². The van der Waals surface area contributed by atoms with E-state index in [0.717, 1.165) is 11.4 Å². The van der Waals surface area contributed by atoms with Crippen LogP contribution in [0.1, 0.15) is 5.69 Å². The summed E-state index contributed by atoms with van der Waals surface area (Å²) in [4.78, 5) is 6.79. The molecule has 5 heteroatoms. The van der Waals surface area contributed by atoms with Crippen molar-refractivity contribution in [3.63, 3.8) is 0 Å². The molecule has 0 radical (unpaired) electrons. The number of nitrogens with zero attached hydrogens (tertiary/aromatic N) is 1. The molecule has 0 saturated heterocycles. The van der Waals surface area contributed by atoms with Crippen molar-refractivity contribution in [1.29, 1.82) is 0 Å². The number of hydrogen-bond donors (Lipinski definition) is 4. The van der Waals surface area contributed by atoms with Gasteiger partial charge in [0.15, 0.2) is 5.96 Å². The Balaban J connectivity index is 2.58. The molecular weight excluding hydrogens is 154 g/mol. The Morgan fingerprint density at radius 1 is 1.75 bits per heavy atom. The minimum atomic E-state index is 0.197. The van der Waals surface area contributed by atoms with Gasteiger partial charge in [-0.3, -0.25) is 0 Å². The summed E-state index contributed by atoms with van der Waals surface area (Å²) in [6.07, 6.45) is 1.81. The topological polar surface area (TPSA) is 92.2 Å². The van der Waals surface area contributed by atoms with Crippen LogP contribution >= 0.6 is 0 Å². The van der Waals surface area contributed by atoms with E-state index in [1.54, 1.807) is 0 Å². The van der Waals surface area contributed by atoms with Crippen LogP contribution in [-0.2, 0) is 0 Å². The van der Waals surface area contributed by atoms with E-state index >= 15 is 0 Å². The van der Waals surface area contributed by atoms with E-state index in [9.17, 15) is 0 Å². The Labute approximate surface area is 70.9 Å². The lowest BCUT2D eigenvalue weighted by atomic mass is 10.4. The lowest BCUT2D eigenvalue weighted by molar-refractivity contribution is 1.06. The van der Waals surface area contributed by atoms with Crippen molar-refractivity contribution in [2.45, 2.75) is 6.92 Å². The first-order valence-electron chi connectivity index (χ1n) is 3.64. The van der Waals surface area contributed by atoms with Crippen LogP contribution in [-0.4, -0.2) is 17.6 Å². The molecule has 0 aliphatic carbocycles. The van der Waals surface area contributed by atoms with Gasteiger partial charge in [0.2, 0.25) is 0 Å². The molecule has 1 aromatic heterocycles. The van der Waals surface area contributed by atoms with Crippen molar-refractivity contribution < 1.29 is 0 Å². The molecule has 0 aliphatic heterocycles. The molecule has 0 atom stereocenters. The SMILES string of the molecule is Cc1cc(NC(N)=NCN)c[nH]1. The normalized spacial score (nSPS) is 11.7. The van der Waals surface area contributed by atoms with Gasteiger partial charge in [0.05, 0.1) is 12.4 Å². The van der Waals surface area contributed by atoms with Crippen LogP contribution in [0, 0.1) is 6.92 Å². The van der Waals surface area contributed by atoms with Crippen molar-refractivity contribution in [2.24, 2.45) is 16.5 Å². The molecule has 0 aromatic carbocycles. The Bertz CT molecular complexity index is 275. The van der Waals surface area contributed by atoms with E-state index in [4.69, 9.17) is 11.5 Å². The van der Waals surface area contributed by atoms with Crippen molar-refractivity contribution >= 4 is 11.6 Å². The van der Waals surface area contributed by atoms with Crippen molar-refractivity contribution in [3.8, 4) is 0 Å². The van der Waals surface area contributed by atoms with Crippen LogP contribution in [0.25, 0.3) is 0 Å². The first-order chi connectivity index (χ1) is 5.72. The second-order valence-electron chi connectivity index (χ2n) is 2.42. The molecule has 1 rings (SSSR count). The maximum Gasteiger partial charge on any atom is 0.194 e. The lowest BCUT2D eigenvalue weighted by Crippen LogP contribution is -2.23. The summed E-state index contributed by atoms with van der Waals surface area (Å²) in [5.41, 5.74) is 12.6. The maximum atomic E-state index is 5.47. The van der Waals surface area contributed by atoms with E-state index in [2.05, 4.69) is 15.3 Å². The molecule has 0 unspecified atom stereocenters. The zero-order valence-corrected chi connectivity index (χ0v) is 6.96. The van der Waals surface area contributed by atoms with Crippen molar-refractivity contribution in [3.05, 3.63) is 18.0 Å². The Hall–Kier alpha value is -1.49. The summed E-state index contributed by atoms with van der Waals surface area (Å²) < 4.78 is 0. The molecule has 6 N–H and O–H groups in total. The number of aromatic nitrogens is 1. The number of aromatic amines is 1. The molecule has 1 heterocycles. The number of nitrogens with one attached hydrogen (secondary N) is 2. The van der Waals surface area contributed by atoms with Gasteiger partial charge in [0.1, 0.15) is 0 Å². The Morgan fingerprint density at radius 3 is 3.00 bits per heavy atom. The van der Waals surface area contributed by atoms with E-state index in [-0.39, 0.29) is 6.67 Å². The van der Waals surface area contributed by atoms with E-state index in [0.29, 0.717) is 5.96 Å². The quantitative estimate of drug-likeness (QED) is 0.368. The molecule has 0 aliphatic rings. The molecule has 66 valence electrons. The van der Waals surface area contributed by atoms with Crippen molar-refractivity contribution in [2.75, 3.05) is 12.0 Å². The predicted octanol–water partition coefficient (Wildman–Crippen LogP) is -0.0341. The third-order valence-electron chi connectivity index (χ3n) is 1.36. The number of H-pyrrole nitrogens is 1. The van der Waals surface area contributed by atoms with Gasteiger partial charge < -0.3 is 21.8 Å². The molecular formula is C7H13N5. The molecule has 0 bridgehead atoms. The summed E-state index contributed by atoms with van der Waals surface area (Å²) in [5.74, 6) is 0.330. The molecule has 0 amide bonds. The first-order valence-corrected chi connectivity index (χ1v) is 3.64. The van der Waals surface area contributed by atoms with Crippen LogP contribution in [0.3, 0.4) is 0 Å². The number of rotatable bonds is 2. The largest absolute Gasteiger partial charge is 0.370 e. The van der Waals surface area contributed by atoms with Gasteiger partial charge in [0, 0.05) is 11.9 Å². The fourth-order valence-electron chi connectivity index (χ4n) is 0.866. The van der Waals surface area contributed by atoms with Crippen LogP contribution in [0.15, 0.2) is 17.3 Å². The standard InChI is InChI=1S/C7H13N5/c1-5-2-6(3-10-5)12-7(9)11-4-8/h2-3,10H,4,8H2,1H3,(H3,9,11,12). The summed E-state index contributed by atoms with van der Waals surface area (Å²) in [7, 11) is 0. The number of guanidine groups is 1. The average molecular weight is 167 g/mol. The van der Waals surface area contributed by atoms with Gasteiger partial charge in [-0.05, 0) is 13.0 Å². The zero-order chi connectivity index (χ0) is 8.97. The van der Waals surface area contributed by atoms with Gasteiger partial charge in [0.25, 0.3) is 0 Å². The third-order valence-corrected chi connectivity index (χ3v) is 1.36. The van der Waals surface area contributed by atoms with Gasteiger partial charge in [-0.25, -0.2) is 4.99 Å². The second kappa shape index (κ2) is 3.77. The number of hydrogen-bond acceptors (Lipinski definition) is 2. The Morgan fingerprint density at radius 2 is 2.50 bits per heavy atom. The van der Waals surface area contributed by atoms with Gasteiger partial charge >= 0.3 is 0 Å². The third kappa shape index (κ3) is 2.28. The predicted molar refractivity (Wildman–Crippen MR) is 49.8 cm³/mol. The maximum absolute atomic E-state index is 5.47. The molecule has 1 aromatic rings. The Kier molecular flexibility index (Phi) is 2.71. The highest BCUT2D eigenvalue weighted by Crippen LogP contribution is 2.06. The molecule has 0 saturated carbocycles. The smallest absolute Gasteiger partial charge is 0.194 e. The first kappa shape index (κ1) is 8.61. The monoisotopic (exact) mass is 167 g/mol. The van der Waals surface area contributed by atoms with E-state index in [1.807, 2.05) is 19.2 Å². The number of aryl methyl sites for hydroxylation is 1. The zero-order valence-electron chi connectivity index (χ0n) is 6.96. The lowest BCUT2D eigenvalue weighted by Gasteiger charge is -2.00. The van der Waals surface area contributed by atoms with E-state index in [1.165, 1.54) is 0 Å². The number of aliphatic imine (C=N–C) groups is 1. The molecule has 0 spiro atoms. The number of anilines is 1. The van der Waals surface area contributed by atoms with Crippen LogP contribution < -0.4 is 16.8 Å².